The van der Waals surface area contributed by atoms with Crippen molar-refractivity contribution in [2.75, 3.05) is 26.1 Å². The average Bonchev–Trinajstić information content (AvgIpc) is 2.68. The quantitative estimate of drug-likeness (QED) is 0.748. The second-order valence-corrected chi connectivity index (χ2v) is 5.66. The number of carbonyl (C=O) groups is 2. The summed E-state index contributed by atoms with van der Waals surface area (Å²) in [6, 6.07) is 13.0. The zero-order valence-corrected chi connectivity index (χ0v) is 15.3. The van der Waals surface area contributed by atoms with Crippen LogP contribution in [0.15, 0.2) is 42.5 Å². The van der Waals surface area contributed by atoms with Crippen LogP contribution < -0.4 is 20.1 Å². The Morgan fingerprint density at radius 3 is 2.38 bits per heavy atom. The third-order valence-electron chi connectivity index (χ3n) is 4.00. The molecule has 0 spiro atoms. The van der Waals surface area contributed by atoms with E-state index in [0.29, 0.717) is 30.2 Å². The number of amides is 2. The number of benzene rings is 2. The number of nitrogens with one attached hydrogen (secondary N) is 2. The minimum atomic E-state index is -0.668. The van der Waals surface area contributed by atoms with Gasteiger partial charge in [-0.25, -0.2) is 0 Å². The molecule has 0 unspecified atom stereocenters. The SMILES string of the molecule is CCc1ccccc1NC(=O)C(=O)NCCc1ccc(OC)c(OC)c1. The fourth-order valence-electron chi connectivity index (χ4n) is 2.57. The molecule has 2 aromatic rings. The molecule has 0 aromatic heterocycles. The molecule has 138 valence electrons. The highest BCUT2D eigenvalue weighted by atomic mass is 16.5. The third-order valence-corrected chi connectivity index (χ3v) is 4.00. The number of carbonyl (C=O) groups excluding carboxylic acids is 2. The number of para-hydroxylation sites is 1. The molecule has 2 rings (SSSR count). The van der Waals surface area contributed by atoms with Crippen molar-refractivity contribution in [2.24, 2.45) is 0 Å². The van der Waals surface area contributed by atoms with E-state index in [-0.39, 0.29) is 0 Å². The summed E-state index contributed by atoms with van der Waals surface area (Å²) in [6.45, 7) is 2.34. The number of hydrogen-bond donors (Lipinski definition) is 2. The average molecular weight is 356 g/mol. The maximum atomic E-state index is 12.0. The van der Waals surface area contributed by atoms with Crippen LogP contribution in [0.25, 0.3) is 0 Å². The van der Waals surface area contributed by atoms with Crippen molar-refractivity contribution in [2.45, 2.75) is 19.8 Å². The Kier molecular flexibility index (Phi) is 7.02. The molecule has 0 fully saturated rings. The summed E-state index contributed by atoms with van der Waals surface area (Å²) in [6.07, 6.45) is 1.35. The van der Waals surface area contributed by atoms with Crippen LogP contribution in [-0.2, 0) is 22.4 Å². The van der Waals surface area contributed by atoms with Gasteiger partial charge in [-0.05, 0) is 42.2 Å². The minimum absolute atomic E-state index is 0.344. The number of aryl methyl sites for hydroxylation is 1. The van der Waals surface area contributed by atoms with Crippen LogP contribution in [0, 0.1) is 0 Å². The predicted octanol–water partition coefficient (Wildman–Crippen LogP) is 2.56. The van der Waals surface area contributed by atoms with Gasteiger partial charge in [0.1, 0.15) is 0 Å². The minimum Gasteiger partial charge on any atom is -0.493 e. The third kappa shape index (κ3) is 4.99. The van der Waals surface area contributed by atoms with Gasteiger partial charge in [-0.15, -0.1) is 0 Å². The van der Waals surface area contributed by atoms with E-state index >= 15 is 0 Å². The predicted molar refractivity (Wildman–Crippen MR) is 101 cm³/mol. The maximum absolute atomic E-state index is 12.0. The van der Waals surface area contributed by atoms with E-state index < -0.39 is 11.8 Å². The summed E-state index contributed by atoms with van der Waals surface area (Å²) in [7, 11) is 3.15. The van der Waals surface area contributed by atoms with Gasteiger partial charge in [0.25, 0.3) is 0 Å². The smallest absolute Gasteiger partial charge is 0.313 e. The summed E-state index contributed by atoms with van der Waals surface area (Å²) in [5.41, 5.74) is 2.62. The fourth-order valence-corrected chi connectivity index (χ4v) is 2.57. The molecule has 0 radical (unpaired) electrons. The van der Waals surface area contributed by atoms with Gasteiger partial charge in [0.15, 0.2) is 11.5 Å². The largest absolute Gasteiger partial charge is 0.493 e. The lowest BCUT2D eigenvalue weighted by atomic mass is 10.1. The van der Waals surface area contributed by atoms with Crippen molar-refractivity contribution in [1.29, 1.82) is 0 Å². The van der Waals surface area contributed by atoms with Crippen LogP contribution in [0.1, 0.15) is 18.1 Å². The molecule has 2 N–H and O–H groups in total. The first-order valence-electron chi connectivity index (χ1n) is 8.47. The lowest BCUT2D eigenvalue weighted by Gasteiger charge is -2.11. The van der Waals surface area contributed by atoms with Crippen LogP contribution in [0.5, 0.6) is 11.5 Å². The van der Waals surface area contributed by atoms with Crippen LogP contribution in [0.3, 0.4) is 0 Å². The number of methoxy groups -OCH3 is 2. The molecule has 0 atom stereocenters. The van der Waals surface area contributed by atoms with Gasteiger partial charge in [-0.1, -0.05) is 31.2 Å². The van der Waals surface area contributed by atoms with Gasteiger partial charge in [0, 0.05) is 12.2 Å². The second kappa shape index (κ2) is 9.46. The van der Waals surface area contributed by atoms with E-state index in [2.05, 4.69) is 10.6 Å². The lowest BCUT2D eigenvalue weighted by Crippen LogP contribution is -2.36. The fraction of sp³-hybridized carbons (Fsp3) is 0.300. The van der Waals surface area contributed by atoms with Crippen molar-refractivity contribution in [3.05, 3.63) is 53.6 Å². The van der Waals surface area contributed by atoms with Crippen molar-refractivity contribution < 1.29 is 19.1 Å². The standard InChI is InChI=1S/C20H24N2O4/c1-4-15-7-5-6-8-16(15)22-20(24)19(23)21-12-11-14-9-10-17(25-2)18(13-14)26-3/h5-10,13H,4,11-12H2,1-3H3,(H,21,23)(H,22,24). The van der Waals surface area contributed by atoms with Gasteiger partial charge in [0.2, 0.25) is 0 Å². The van der Waals surface area contributed by atoms with Crippen LogP contribution >= 0.6 is 0 Å². The molecule has 0 aliphatic carbocycles. The number of hydrogen-bond acceptors (Lipinski definition) is 4. The van der Waals surface area contributed by atoms with Crippen molar-refractivity contribution >= 4 is 17.5 Å². The van der Waals surface area contributed by atoms with E-state index in [1.807, 2.05) is 43.3 Å². The van der Waals surface area contributed by atoms with Gasteiger partial charge >= 0.3 is 11.8 Å². The topological polar surface area (TPSA) is 76.7 Å². The first-order valence-corrected chi connectivity index (χ1v) is 8.47. The Morgan fingerprint density at radius 2 is 1.69 bits per heavy atom. The van der Waals surface area contributed by atoms with Gasteiger partial charge in [-0.2, -0.15) is 0 Å². The van der Waals surface area contributed by atoms with Crippen LogP contribution in [0.4, 0.5) is 5.69 Å². The normalized spacial score (nSPS) is 10.1. The zero-order valence-electron chi connectivity index (χ0n) is 15.3. The molecule has 0 saturated carbocycles. The van der Waals surface area contributed by atoms with Crippen LogP contribution in [-0.4, -0.2) is 32.6 Å². The first-order chi connectivity index (χ1) is 12.6. The molecular formula is C20H24N2O4. The summed E-state index contributed by atoms with van der Waals surface area (Å²) < 4.78 is 10.4. The lowest BCUT2D eigenvalue weighted by molar-refractivity contribution is -0.136. The highest BCUT2D eigenvalue weighted by molar-refractivity contribution is 6.39. The summed E-state index contributed by atoms with van der Waals surface area (Å²) in [5.74, 6) is -0.0471. The summed E-state index contributed by atoms with van der Waals surface area (Å²) in [4.78, 5) is 24.0. The number of anilines is 1. The molecule has 0 aliphatic rings. The molecule has 0 aliphatic heterocycles. The van der Waals surface area contributed by atoms with Crippen LogP contribution in [0.2, 0.25) is 0 Å². The molecule has 6 heteroatoms. The Labute approximate surface area is 153 Å². The van der Waals surface area contributed by atoms with Gasteiger partial charge < -0.3 is 20.1 Å². The van der Waals surface area contributed by atoms with E-state index in [1.165, 1.54) is 0 Å². The van der Waals surface area contributed by atoms with Gasteiger partial charge in [-0.3, -0.25) is 9.59 Å². The summed E-state index contributed by atoms with van der Waals surface area (Å²) >= 11 is 0. The number of ether oxygens (including phenoxy) is 2. The Balaban J connectivity index is 1.87. The molecule has 0 heterocycles. The molecule has 26 heavy (non-hydrogen) atoms. The molecule has 0 saturated heterocycles. The molecule has 6 nitrogen and oxygen atoms in total. The first kappa shape index (κ1) is 19.3. The monoisotopic (exact) mass is 356 g/mol. The Hall–Kier alpha value is -3.02. The van der Waals surface area contributed by atoms with E-state index in [0.717, 1.165) is 17.5 Å². The maximum Gasteiger partial charge on any atom is 0.313 e. The zero-order chi connectivity index (χ0) is 18.9. The molecule has 0 bridgehead atoms. The van der Waals surface area contributed by atoms with E-state index in [1.54, 1.807) is 20.3 Å². The summed E-state index contributed by atoms with van der Waals surface area (Å²) in [5, 5.41) is 5.29. The highest BCUT2D eigenvalue weighted by Gasteiger charge is 2.14. The Morgan fingerprint density at radius 1 is 0.962 bits per heavy atom. The van der Waals surface area contributed by atoms with E-state index in [9.17, 15) is 9.59 Å². The molecular weight excluding hydrogens is 332 g/mol. The second-order valence-electron chi connectivity index (χ2n) is 5.66. The van der Waals surface area contributed by atoms with Crippen molar-refractivity contribution in [3.8, 4) is 11.5 Å². The molecule has 2 amide bonds. The van der Waals surface area contributed by atoms with Gasteiger partial charge in [0.05, 0.1) is 14.2 Å². The van der Waals surface area contributed by atoms with Crippen molar-refractivity contribution in [3.63, 3.8) is 0 Å². The van der Waals surface area contributed by atoms with E-state index in [4.69, 9.17) is 9.47 Å². The highest BCUT2D eigenvalue weighted by Crippen LogP contribution is 2.27. The molecule has 2 aromatic carbocycles. The van der Waals surface area contributed by atoms with Crippen molar-refractivity contribution in [1.82, 2.24) is 5.32 Å². The number of rotatable bonds is 7. The Bertz CT molecular complexity index is 774.